The van der Waals surface area contributed by atoms with Crippen LogP contribution in [0, 0.1) is 0 Å². The SMILES string of the molecule is CC(=O)CCC(=O)O[C@H](C)[C@H]1O[C@@H]2OC(C)(C)O[C@@H]2[C@@H]1N=[N+]=[N-]. The quantitative estimate of drug-likeness (QED) is 0.318. The van der Waals surface area contributed by atoms with E-state index in [0.717, 1.165) is 0 Å². The number of Topliss-reactive ketones (excluding diaryl/α,β-unsaturated/α-hetero) is 1. The van der Waals surface area contributed by atoms with Crippen LogP contribution in [0.25, 0.3) is 10.4 Å². The number of nitrogens with zero attached hydrogens (tertiary/aromatic N) is 3. The Kier molecular flexibility index (Phi) is 5.26. The Morgan fingerprint density at radius 3 is 2.65 bits per heavy atom. The molecule has 0 spiro atoms. The second kappa shape index (κ2) is 6.84. The first-order valence-corrected chi connectivity index (χ1v) is 7.48. The highest BCUT2D eigenvalue weighted by atomic mass is 16.8. The van der Waals surface area contributed by atoms with Crippen LogP contribution in [0.15, 0.2) is 5.11 Å². The molecule has 5 atom stereocenters. The monoisotopic (exact) mass is 327 g/mol. The summed E-state index contributed by atoms with van der Waals surface area (Å²) in [6, 6.07) is -0.664. The molecule has 0 bridgehead atoms. The number of ether oxygens (including phenoxy) is 4. The van der Waals surface area contributed by atoms with Gasteiger partial charge in [0.05, 0.1) is 12.5 Å². The Balaban J connectivity index is 2.00. The Morgan fingerprint density at radius 2 is 2.04 bits per heavy atom. The van der Waals surface area contributed by atoms with Crippen molar-refractivity contribution in [2.45, 2.75) is 77.0 Å². The smallest absolute Gasteiger partial charge is 0.306 e. The molecular formula is C14H21N3O6. The second-order valence-electron chi connectivity index (χ2n) is 6.16. The fourth-order valence-electron chi connectivity index (χ4n) is 2.71. The summed E-state index contributed by atoms with van der Waals surface area (Å²) in [4.78, 5) is 25.5. The van der Waals surface area contributed by atoms with Crippen LogP contribution in [0.4, 0.5) is 0 Å². The second-order valence-corrected chi connectivity index (χ2v) is 6.16. The first-order chi connectivity index (χ1) is 10.7. The summed E-state index contributed by atoms with van der Waals surface area (Å²) in [5.74, 6) is -1.42. The number of hydrogen-bond donors (Lipinski definition) is 0. The van der Waals surface area contributed by atoms with E-state index in [1.807, 2.05) is 0 Å². The summed E-state index contributed by atoms with van der Waals surface area (Å²) < 4.78 is 22.3. The van der Waals surface area contributed by atoms with Crippen molar-refractivity contribution in [3.8, 4) is 0 Å². The summed E-state index contributed by atoms with van der Waals surface area (Å²) in [6.45, 7) is 6.53. The molecule has 0 aromatic carbocycles. The molecule has 2 heterocycles. The van der Waals surface area contributed by atoms with Crippen molar-refractivity contribution in [1.29, 1.82) is 0 Å². The highest BCUT2D eigenvalue weighted by Crippen LogP contribution is 2.40. The van der Waals surface area contributed by atoms with Crippen molar-refractivity contribution in [1.82, 2.24) is 0 Å². The zero-order valence-electron chi connectivity index (χ0n) is 13.6. The number of carbonyl (C=O) groups is 2. The van der Waals surface area contributed by atoms with Gasteiger partial charge in [-0.05, 0) is 33.2 Å². The Morgan fingerprint density at radius 1 is 1.35 bits per heavy atom. The third-order valence-corrected chi connectivity index (χ3v) is 3.70. The van der Waals surface area contributed by atoms with Crippen LogP contribution in [0.5, 0.6) is 0 Å². The molecule has 0 amide bonds. The first-order valence-electron chi connectivity index (χ1n) is 7.48. The van der Waals surface area contributed by atoms with Crippen LogP contribution in [0.3, 0.4) is 0 Å². The van der Waals surface area contributed by atoms with Gasteiger partial charge in [0.15, 0.2) is 12.1 Å². The molecular weight excluding hydrogens is 306 g/mol. The molecule has 2 saturated heterocycles. The molecule has 2 fully saturated rings. The minimum Gasteiger partial charge on any atom is -0.460 e. The lowest BCUT2D eigenvalue weighted by molar-refractivity contribution is -0.218. The van der Waals surface area contributed by atoms with Gasteiger partial charge < -0.3 is 23.7 Å². The lowest BCUT2D eigenvalue weighted by atomic mass is 10.0. The van der Waals surface area contributed by atoms with Crippen LogP contribution in [-0.4, -0.2) is 48.2 Å². The van der Waals surface area contributed by atoms with Gasteiger partial charge >= 0.3 is 5.97 Å². The molecule has 2 aliphatic rings. The van der Waals surface area contributed by atoms with Crippen molar-refractivity contribution in [3.05, 3.63) is 10.4 Å². The highest BCUT2D eigenvalue weighted by molar-refractivity contribution is 5.81. The molecule has 128 valence electrons. The predicted molar refractivity (Wildman–Crippen MR) is 77.1 cm³/mol. The first kappa shape index (κ1) is 17.7. The molecule has 0 saturated carbocycles. The number of rotatable bonds is 6. The summed E-state index contributed by atoms with van der Waals surface area (Å²) >= 11 is 0. The zero-order chi connectivity index (χ0) is 17.2. The minimum absolute atomic E-state index is 0.00542. The van der Waals surface area contributed by atoms with Gasteiger partial charge in [0.1, 0.15) is 24.1 Å². The fraction of sp³-hybridized carbons (Fsp3) is 0.857. The molecule has 23 heavy (non-hydrogen) atoms. The van der Waals surface area contributed by atoms with Gasteiger partial charge in [0, 0.05) is 11.3 Å². The molecule has 0 N–H and O–H groups in total. The average molecular weight is 327 g/mol. The number of azide groups is 1. The number of hydrogen-bond acceptors (Lipinski definition) is 7. The van der Waals surface area contributed by atoms with E-state index < -0.39 is 42.4 Å². The molecule has 0 aliphatic carbocycles. The van der Waals surface area contributed by atoms with Crippen molar-refractivity contribution < 1.29 is 28.5 Å². The van der Waals surface area contributed by atoms with Crippen LogP contribution in [0.1, 0.15) is 40.5 Å². The van der Waals surface area contributed by atoms with Crippen molar-refractivity contribution >= 4 is 11.8 Å². The Labute approximate surface area is 133 Å². The van der Waals surface area contributed by atoms with Crippen LogP contribution in [0.2, 0.25) is 0 Å². The third kappa shape index (κ3) is 4.20. The maximum absolute atomic E-state index is 11.7. The lowest BCUT2D eigenvalue weighted by Gasteiger charge is -2.26. The number of fused-ring (bicyclic) bond motifs is 1. The van der Waals surface area contributed by atoms with Gasteiger partial charge in [-0.2, -0.15) is 0 Å². The van der Waals surface area contributed by atoms with E-state index in [-0.39, 0.29) is 18.6 Å². The number of ketones is 1. The zero-order valence-corrected chi connectivity index (χ0v) is 13.6. The maximum Gasteiger partial charge on any atom is 0.306 e. The van der Waals surface area contributed by atoms with Gasteiger partial charge in [0.25, 0.3) is 0 Å². The minimum atomic E-state index is -0.828. The largest absolute Gasteiger partial charge is 0.460 e. The molecule has 2 aliphatic heterocycles. The van der Waals surface area contributed by atoms with E-state index >= 15 is 0 Å². The third-order valence-electron chi connectivity index (χ3n) is 3.70. The van der Waals surface area contributed by atoms with Crippen molar-refractivity contribution in [2.75, 3.05) is 0 Å². The van der Waals surface area contributed by atoms with E-state index in [9.17, 15) is 9.59 Å². The van der Waals surface area contributed by atoms with E-state index in [1.165, 1.54) is 6.92 Å². The summed E-state index contributed by atoms with van der Waals surface area (Å²) in [7, 11) is 0. The highest BCUT2D eigenvalue weighted by Gasteiger charge is 2.56. The van der Waals surface area contributed by atoms with Crippen LogP contribution < -0.4 is 0 Å². The fourth-order valence-corrected chi connectivity index (χ4v) is 2.71. The Hall–Kier alpha value is -1.67. The van der Waals surface area contributed by atoms with Crippen molar-refractivity contribution in [3.63, 3.8) is 0 Å². The molecule has 9 nitrogen and oxygen atoms in total. The summed E-state index contributed by atoms with van der Waals surface area (Å²) in [5.41, 5.74) is 8.76. The van der Waals surface area contributed by atoms with E-state index in [0.29, 0.717) is 0 Å². The van der Waals surface area contributed by atoms with E-state index in [4.69, 9.17) is 24.5 Å². The van der Waals surface area contributed by atoms with Gasteiger partial charge in [-0.3, -0.25) is 4.79 Å². The molecule has 0 radical (unpaired) electrons. The maximum atomic E-state index is 11.7. The van der Waals surface area contributed by atoms with Gasteiger partial charge in [-0.25, -0.2) is 0 Å². The van der Waals surface area contributed by atoms with Crippen LogP contribution >= 0.6 is 0 Å². The van der Waals surface area contributed by atoms with Gasteiger partial charge in [0.2, 0.25) is 0 Å². The topological polar surface area (TPSA) is 120 Å². The van der Waals surface area contributed by atoms with E-state index in [1.54, 1.807) is 20.8 Å². The summed E-state index contributed by atoms with van der Waals surface area (Å²) in [6.07, 6.45) is -2.43. The van der Waals surface area contributed by atoms with E-state index in [2.05, 4.69) is 10.0 Å². The molecule has 0 unspecified atom stereocenters. The van der Waals surface area contributed by atoms with Gasteiger partial charge in [-0.1, -0.05) is 5.11 Å². The molecule has 2 rings (SSSR count). The average Bonchev–Trinajstić information content (AvgIpc) is 2.90. The molecule has 9 heteroatoms. The number of carbonyl (C=O) groups excluding carboxylic acids is 2. The Bertz CT molecular complexity index is 531. The van der Waals surface area contributed by atoms with Crippen molar-refractivity contribution in [2.24, 2.45) is 5.11 Å². The lowest BCUT2D eigenvalue weighted by Crippen LogP contribution is -2.40. The summed E-state index contributed by atoms with van der Waals surface area (Å²) in [5, 5.41) is 3.72. The molecule has 0 aromatic heterocycles. The van der Waals surface area contributed by atoms with Crippen LogP contribution in [-0.2, 0) is 28.5 Å². The predicted octanol–water partition coefficient (Wildman–Crippen LogP) is 1.84. The number of esters is 1. The standard InChI is InChI=1S/C14H21N3O6/c1-7(18)5-6-9(19)20-8(2)11-10(16-17-15)12-13(21-11)23-14(3,4)22-12/h8,10-13H,5-6H2,1-4H3/t8-,10-,11-,12-,13-/m1/s1. The van der Waals surface area contributed by atoms with Gasteiger partial charge in [-0.15, -0.1) is 0 Å². The normalized spacial score (nSPS) is 32.7. The molecule has 0 aromatic rings.